The number of ether oxygens (including phenoxy) is 2. The molecule has 2 heterocycles. The summed E-state index contributed by atoms with van der Waals surface area (Å²) in [5.74, 6) is 0. The largest absolute Gasteiger partial charge is 0.381 e. The van der Waals surface area contributed by atoms with Gasteiger partial charge in [0.2, 0.25) is 0 Å². The summed E-state index contributed by atoms with van der Waals surface area (Å²) in [4.78, 5) is 4.37. The van der Waals surface area contributed by atoms with Crippen molar-refractivity contribution in [3.05, 3.63) is 42.1 Å². The molecule has 4 nitrogen and oxygen atoms in total. The number of hydrogen-bond donors (Lipinski definition) is 1. The first-order chi connectivity index (χ1) is 9.83. The highest BCUT2D eigenvalue weighted by Gasteiger charge is 2.32. The second-order valence-corrected chi connectivity index (χ2v) is 5.28. The van der Waals surface area contributed by atoms with Crippen LogP contribution in [0.5, 0.6) is 0 Å². The number of nitrogens with two attached hydrogens (primary N) is 1. The van der Waals surface area contributed by atoms with Crippen LogP contribution in [0.25, 0.3) is 10.9 Å². The Balaban J connectivity index is 1.79. The average Bonchev–Trinajstić information content (AvgIpc) is 2.54. The van der Waals surface area contributed by atoms with Gasteiger partial charge in [0.25, 0.3) is 0 Å². The SMILES string of the molecule is NCC1(OCc2ccnc3ccccc23)CCOCC1. The van der Waals surface area contributed by atoms with E-state index in [1.807, 2.05) is 30.5 Å². The van der Waals surface area contributed by atoms with Gasteiger partial charge in [-0.1, -0.05) is 18.2 Å². The minimum Gasteiger partial charge on any atom is -0.381 e. The molecule has 4 heteroatoms. The van der Waals surface area contributed by atoms with Gasteiger partial charge in [-0.2, -0.15) is 0 Å². The standard InChI is InChI=1S/C16H20N2O2/c17-12-16(6-9-19-10-7-16)20-11-13-5-8-18-15-4-2-1-3-14(13)15/h1-5,8H,6-7,9-12,17H2. The van der Waals surface area contributed by atoms with Crippen molar-refractivity contribution in [2.45, 2.75) is 25.0 Å². The second-order valence-electron chi connectivity index (χ2n) is 5.28. The molecule has 0 saturated carbocycles. The topological polar surface area (TPSA) is 57.4 Å². The quantitative estimate of drug-likeness (QED) is 0.927. The third-order valence-electron chi connectivity index (χ3n) is 4.05. The zero-order chi connectivity index (χ0) is 13.8. The van der Waals surface area contributed by atoms with Crippen LogP contribution in [0.4, 0.5) is 0 Å². The van der Waals surface area contributed by atoms with E-state index >= 15 is 0 Å². The maximum absolute atomic E-state index is 6.18. The number of benzene rings is 1. The number of para-hydroxylation sites is 1. The van der Waals surface area contributed by atoms with Crippen LogP contribution in [0.15, 0.2) is 36.5 Å². The Morgan fingerprint density at radius 1 is 1.20 bits per heavy atom. The van der Waals surface area contributed by atoms with Crippen molar-refractivity contribution >= 4 is 10.9 Å². The molecule has 0 radical (unpaired) electrons. The van der Waals surface area contributed by atoms with Gasteiger partial charge in [-0.25, -0.2) is 0 Å². The van der Waals surface area contributed by atoms with Gasteiger partial charge in [-0.3, -0.25) is 4.98 Å². The van der Waals surface area contributed by atoms with Crippen molar-refractivity contribution in [1.82, 2.24) is 4.98 Å². The highest BCUT2D eigenvalue weighted by Crippen LogP contribution is 2.26. The molecule has 0 aliphatic carbocycles. The minimum absolute atomic E-state index is 0.234. The van der Waals surface area contributed by atoms with Crippen molar-refractivity contribution in [3.8, 4) is 0 Å². The lowest BCUT2D eigenvalue weighted by atomic mass is 9.94. The van der Waals surface area contributed by atoms with Gasteiger partial charge in [-0.05, 0) is 17.7 Å². The Labute approximate surface area is 118 Å². The summed E-state index contributed by atoms with van der Waals surface area (Å²) in [6, 6.07) is 10.2. The first-order valence-electron chi connectivity index (χ1n) is 7.07. The van der Waals surface area contributed by atoms with Crippen LogP contribution in [-0.2, 0) is 16.1 Å². The normalized spacial score (nSPS) is 18.2. The molecule has 2 aromatic rings. The molecule has 20 heavy (non-hydrogen) atoms. The van der Waals surface area contributed by atoms with Gasteiger partial charge in [0, 0.05) is 44.2 Å². The van der Waals surface area contributed by atoms with Gasteiger partial charge in [0.1, 0.15) is 0 Å². The number of aromatic nitrogens is 1. The molecule has 1 aromatic heterocycles. The molecule has 3 rings (SSSR count). The molecule has 0 amide bonds. The van der Waals surface area contributed by atoms with E-state index in [0.29, 0.717) is 13.2 Å². The zero-order valence-corrected chi connectivity index (χ0v) is 11.5. The lowest BCUT2D eigenvalue weighted by Gasteiger charge is -2.36. The van der Waals surface area contributed by atoms with Crippen molar-refractivity contribution < 1.29 is 9.47 Å². The van der Waals surface area contributed by atoms with Crippen LogP contribution in [-0.4, -0.2) is 30.3 Å². The van der Waals surface area contributed by atoms with E-state index in [2.05, 4.69) is 11.1 Å². The lowest BCUT2D eigenvalue weighted by molar-refractivity contribution is -0.112. The van der Waals surface area contributed by atoms with Crippen molar-refractivity contribution in [1.29, 1.82) is 0 Å². The molecule has 1 saturated heterocycles. The van der Waals surface area contributed by atoms with E-state index in [-0.39, 0.29) is 5.60 Å². The van der Waals surface area contributed by atoms with Gasteiger partial charge >= 0.3 is 0 Å². The first kappa shape index (κ1) is 13.5. The summed E-state index contributed by atoms with van der Waals surface area (Å²) in [5, 5.41) is 1.15. The van der Waals surface area contributed by atoms with E-state index in [1.165, 1.54) is 0 Å². The van der Waals surface area contributed by atoms with Crippen molar-refractivity contribution in [2.24, 2.45) is 5.73 Å². The molecule has 0 unspecified atom stereocenters. The zero-order valence-electron chi connectivity index (χ0n) is 11.5. The molecule has 1 aliphatic rings. The Morgan fingerprint density at radius 2 is 2.00 bits per heavy atom. The number of hydrogen-bond acceptors (Lipinski definition) is 4. The molecule has 0 atom stereocenters. The van der Waals surface area contributed by atoms with Crippen LogP contribution in [0.3, 0.4) is 0 Å². The first-order valence-corrected chi connectivity index (χ1v) is 7.07. The predicted octanol–water partition coefficient (Wildman–Crippen LogP) is 2.26. The Morgan fingerprint density at radius 3 is 2.80 bits per heavy atom. The molecule has 0 bridgehead atoms. The third kappa shape index (κ3) is 2.68. The fourth-order valence-electron chi connectivity index (χ4n) is 2.66. The summed E-state index contributed by atoms with van der Waals surface area (Å²) < 4.78 is 11.6. The molecular formula is C16H20N2O2. The monoisotopic (exact) mass is 272 g/mol. The highest BCUT2D eigenvalue weighted by atomic mass is 16.5. The van der Waals surface area contributed by atoms with Crippen LogP contribution in [0.2, 0.25) is 0 Å². The van der Waals surface area contributed by atoms with Crippen LogP contribution in [0, 0.1) is 0 Å². The number of rotatable bonds is 4. The maximum Gasteiger partial charge on any atom is 0.0852 e. The number of pyridine rings is 1. The minimum atomic E-state index is -0.234. The fourth-order valence-corrected chi connectivity index (χ4v) is 2.66. The molecule has 1 aromatic carbocycles. The fraction of sp³-hybridized carbons (Fsp3) is 0.438. The van der Waals surface area contributed by atoms with Gasteiger partial charge < -0.3 is 15.2 Å². The van der Waals surface area contributed by atoms with Gasteiger partial charge in [0.15, 0.2) is 0 Å². The van der Waals surface area contributed by atoms with Crippen LogP contribution in [0.1, 0.15) is 18.4 Å². The number of nitrogens with zero attached hydrogens (tertiary/aromatic N) is 1. The summed E-state index contributed by atoms with van der Waals surface area (Å²) in [6.07, 6.45) is 3.57. The molecule has 1 fully saturated rings. The summed E-state index contributed by atoms with van der Waals surface area (Å²) in [5.41, 5.74) is 7.85. The summed E-state index contributed by atoms with van der Waals surface area (Å²) >= 11 is 0. The summed E-state index contributed by atoms with van der Waals surface area (Å²) in [6.45, 7) is 2.57. The Hall–Kier alpha value is -1.49. The molecular weight excluding hydrogens is 252 g/mol. The second kappa shape index (κ2) is 5.87. The Kier molecular flexibility index (Phi) is 3.96. The molecule has 106 valence electrons. The van der Waals surface area contributed by atoms with E-state index in [1.54, 1.807) is 0 Å². The molecule has 2 N–H and O–H groups in total. The molecule has 1 aliphatic heterocycles. The van der Waals surface area contributed by atoms with Gasteiger partial charge in [-0.15, -0.1) is 0 Å². The van der Waals surface area contributed by atoms with Gasteiger partial charge in [0.05, 0.1) is 17.7 Å². The lowest BCUT2D eigenvalue weighted by Crippen LogP contribution is -2.45. The highest BCUT2D eigenvalue weighted by molar-refractivity contribution is 5.81. The van der Waals surface area contributed by atoms with Crippen LogP contribution < -0.4 is 5.73 Å². The predicted molar refractivity (Wildman–Crippen MR) is 78.4 cm³/mol. The molecule has 0 spiro atoms. The smallest absolute Gasteiger partial charge is 0.0852 e. The Bertz CT molecular complexity index is 574. The third-order valence-corrected chi connectivity index (χ3v) is 4.05. The van der Waals surface area contributed by atoms with Crippen molar-refractivity contribution in [2.75, 3.05) is 19.8 Å². The average molecular weight is 272 g/mol. The van der Waals surface area contributed by atoms with Crippen molar-refractivity contribution in [3.63, 3.8) is 0 Å². The number of fused-ring (bicyclic) bond motifs is 1. The van der Waals surface area contributed by atoms with E-state index in [9.17, 15) is 0 Å². The van der Waals surface area contributed by atoms with E-state index in [0.717, 1.165) is 42.5 Å². The maximum atomic E-state index is 6.18. The van der Waals surface area contributed by atoms with Crippen LogP contribution >= 0.6 is 0 Å². The van der Waals surface area contributed by atoms with E-state index < -0.39 is 0 Å². The van der Waals surface area contributed by atoms with E-state index in [4.69, 9.17) is 15.2 Å². The summed E-state index contributed by atoms with van der Waals surface area (Å²) in [7, 11) is 0.